The van der Waals surface area contributed by atoms with E-state index in [0.717, 1.165) is 44.3 Å². The van der Waals surface area contributed by atoms with Crippen molar-refractivity contribution in [2.45, 2.75) is 64.2 Å². The fourth-order valence-corrected chi connectivity index (χ4v) is 2.93. The summed E-state index contributed by atoms with van der Waals surface area (Å²) in [5.41, 5.74) is 1.95. The zero-order chi connectivity index (χ0) is 18.6. The largest absolute Gasteiger partial charge is 0.481 e. The number of aromatic nitrogens is 2. The molecule has 0 atom stereocenters. The van der Waals surface area contributed by atoms with Gasteiger partial charge in [0, 0.05) is 13.0 Å². The first-order valence-electron chi connectivity index (χ1n) is 9.26. The third-order valence-electron chi connectivity index (χ3n) is 4.38. The van der Waals surface area contributed by atoms with Crippen LogP contribution >= 0.6 is 0 Å². The standard InChI is InChI=1S/C18H26N4O4/c23-16(24)10-8-6-4-2-1-3-5-7-9-13-19-14-11-12-15(20-25)18-17(14)21-26-22-18/h11-12,19H,1-10,13H2,(H,23,24). The first kappa shape index (κ1) is 19.8. The lowest BCUT2D eigenvalue weighted by Gasteiger charge is -2.06. The average molecular weight is 362 g/mol. The maximum atomic E-state index is 10.7. The lowest BCUT2D eigenvalue weighted by Crippen LogP contribution is -2.02. The van der Waals surface area contributed by atoms with E-state index in [1.807, 2.05) is 0 Å². The Kier molecular flexibility index (Phi) is 8.51. The van der Waals surface area contributed by atoms with Crippen LogP contribution < -0.4 is 5.32 Å². The highest BCUT2D eigenvalue weighted by atomic mass is 16.6. The highest BCUT2D eigenvalue weighted by molar-refractivity contribution is 5.94. The minimum atomic E-state index is -0.699. The Morgan fingerprint density at radius 2 is 1.58 bits per heavy atom. The fraction of sp³-hybridized carbons (Fsp3) is 0.611. The number of benzene rings is 1. The molecule has 2 aromatic rings. The van der Waals surface area contributed by atoms with Gasteiger partial charge in [0.25, 0.3) is 0 Å². The first-order chi connectivity index (χ1) is 12.7. The maximum Gasteiger partial charge on any atom is 0.303 e. The predicted octanol–water partition coefficient (Wildman–Crippen LogP) is 5.02. The smallest absolute Gasteiger partial charge is 0.303 e. The van der Waals surface area contributed by atoms with Crippen molar-refractivity contribution in [3.05, 3.63) is 17.0 Å². The van der Waals surface area contributed by atoms with E-state index in [1.54, 1.807) is 12.1 Å². The quantitative estimate of drug-likeness (QED) is 0.358. The van der Waals surface area contributed by atoms with Gasteiger partial charge in [0.2, 0.25) is 0 Å². The lowest BCUT2D eigenvalue weighted by atomic mass is 10.1. The third kappa shape index (κ3) is 6.42. The first-order valence-corrected chi connectivity index (χ1v) is 9.26. The van der Waals surface area contributed by atoms with Gasteiger partial charge in [-0.1, -0.05) is 44.9 Å². The van der Waals surface area contributed by atoms with Gasteiger partial charge >= 0.3 is 5.97 Å². The van der Waals surface area contributed by atoms with Crippen molar-refractivity contribution in [2.75, 3.05) is 11.9 Å². The molecule has 0 saturated carbocycles. The molecular formula is C18H26N4O4. The molecule has 1 aromatic carbocycles. The molecule has 142 valence electrons. The van der Waals surface area contributed by atoms with Gasteiger partial charge in [-0.3, -0.25) is 4.79 Å². The summed E-state index contributed by atoms with van der Waals surface area (Å²) in [6.45, 7) is 0.824. The van der Waals surface area contributed by atoms with Crippen LogP contribution in [0, 0.1) is 4.91 Å². The number of nitroso groups, excluding NO2 is 1. The number of carboxylic acid groups (broad SMARTS) is 1. The Morgan fingerprint density at radius 1 is 0.962 bits per heavy atom. The topological polar surface area (TPSA) is 118 Å². The molecule has 8 heteroatoms. The molecule has 0 amide bonds. The average Bonchev–Trinajstić information content (AvgIpc) is 3.12. The lowest BCUT2D eigenvalue weighted by molar-refractivity contribution is -0.137. The van der Waals surface area contributed by atoms with E-state index in [-0.39, 0.29) is 12.1 Å². The Morgan fingerprint density at radius 3 is 2.23 bits per heavy atom. The molecule has 26 heavy (non-hydrogen) atoms. The van der Waals surface area contributed by atoms with E-state index in [1.165, 1.54) is 25.7 Å². The molecule has 0 unspecified atom stereocenters. The van der Waals surface area contributed by atoms with Crippen molar-refractivity contribution < 1.29 is 14.5 Å². The van der Waals surface area contributed by atoms with Crippen LogP contribution in [-0.2, 0) is 4.79 Å². The number of aliphatic carboxylic acids is 1. The Balaban J connectivity index is 1.52. The number of carboxylic acids is 1. The minimum absolute atomic E-state index is 0.231. The summed E-state index contributed by atoms with van der Waals surface area (Å²) in [6, 6.07) is 3.38. The molecule has 0 aliphatic rings. The minimum Gasteiger partial charge on any atom is -0.481 e. The molecule has 2 N–H and O–H groups in total. The van der Waals surface area contributed by atoms with Crippen LogP contribution in [0.4, 0.5) is 11.4 Å². The second-order valence-electron chi connectivity index (χ2n) is 6.44. The van der Waals surface area contributed by atoms with Gasteiger partial charge in [-0.15, -0.1) is 4.91 Å². The summed E-state index contributed by atoms with van der Waals surface area (Å²) in [6.07, 6.45) is 10.2. The monoisotopic (exact) mass is 362 g/mol. The number of nitrogens with zero attached hydrogens (tertiary/aromatic N) is 3. The molecule has 0 spiro atoms. The molecule has 2 rings (SSSR count). The fourth-order valence-electron chi connectivity index (χ4n) is 2.93. The molecule has 0 radical (unpaired) electrons. The van der Waals surface area contributed by atoms with Crippen molar-refractivity contribution in [3.63, 3.8) is 0 Å². The van der Waals surface area contributed by atoms with E-state index in [0.29, 0.717) is 11.0 Å². The normalized spacial score (nSPS) is 10.9. The highest BCUT2D eigenvalue weighted by Crippen LogP contribution is 2.28. The number of hydrogen-bond acceptors (Lipinski definition) is 7. The van der Waals surface area contributed by atoms with Crippen molar-refractivity contribution in [1.29, 1.82) is 0 Å². The van der Waals surface area contributed by atoms with Crippen LogP contribution in [0.2, 0.25) is 0 Å². The third-order valence-corrected chi connectivity index (χ3v) is 4.38. The van der Waals surface area contributed by atoms with E-state index >= 15 is 0 Å². The molecule has 0 aliphatic heterocycles. The number of fused-ring (bicyclic) bond motifs is 1. The number of unbranched alkanes of at least 4 members (excludes halogenated alkanes) is 8. The van der Waals surface area contributed by atoms with Crippen LogP contribution in [0.15, 0.2) is 21.9 Å². The molecule has 8 nitrogen and oxygen atoms in total. The van der Waals surface area contributed by atoms with Gasteiger partial charge in [0.15, 0.2) is 11.0 Å². The van der Waals surface area contributed by atoms with Crippen LogP contribution in [0.5, 0.6) is 0 Å². The molecule has 0 bridgehead atoms. The number of anilines is 1. The van der Waals surface area contributed by atoms with Crippen LogP contribution in [0.25, 0.3) is 11.0 Å². The zero-order valence-corrected chi connectivity index (χ0v) is 14.9. The summed E-state index contributed by atoms with van der Waals surface area (Å²) in [7, 11) is 0. The van der Waals surface area contributed by atoms with Gasteiger partial charge in [-0.05, 0) is 40.5 Å². The van der Waals surface area contributed by atoms with E-state index in [9.17, 15) is 9.70 Å². The van der Waals surface area contributed by atoms with Crippen molar-refractivity contribution in [1.82, 2.24) is 10.3 Å². The highest BCUT2D eigenvalue weighted by Gasteiger charge is 2.11. The Bertz CT molecular complexity index is 702. The van der Waals surface area contributed by atoms with Crippen LogP contribution in [-0.4, -0.2) is 27.9 Å². The van der Waals surface area contributed by atoms with E-state index in [4.69, 9.17) is 9.74 Å². The summed E-state index contributed by atoms with van der Waals surface area (Å²) < 4.78 is 4.70. The summed E-state index contributed by atoms with van der Waals surface area (Å²) in [5, 5.41) is 22.3. The second-order valence-corrected chi connectivity index (χ2v) is 6.44. The maximum absolute atomic E-state index is 10.7. The molecule has 1 aromatic heterocycles. The molecular weight excluding hydrogens is 336 g/mol. The van der Waals surface area contributed by atoms with Crippen molar-refractivity contribution in [3.8, 4) is 0 Å². The van der Waals surface area contributed by atoms with E-state index in [2.05, 4.69) is 20.8 Å². The van der Waals surface area contributed by atoms with Gasteiger partial charge in [-0.2, -0.15) is 0 Å². The Labute approximate surface area is 152 Å². The van der Waals surface area contributed by atoms with Crippen molar-refractivity contribution >= 4 is 28.4 Å². The SMILES string of the molecule is O=Nc1ccc(NCCCCCCCCCCCC(=O)O)c2nonc12. The number of hydrogen-bond donors (Lipinski definition) is 2. The Hall–Kier alpha value is -2.51. The van der Waals surface area contributed by atoms with E-state index < -0.39 is 5.97 Å². The van der Waals surface area contributed by atoms with Crippen LogP contribution in [0.3, 0.4) is 0 Å². The molecule has 1 heterocycles. The molecule has 0 saturated heterocycles. The number of carbonyl (C=O) groups is 1. The van der Waals surface area contributed by atoms with Crippen LogP contribution in [0.1, 0.15) is 64.2 Å². The van der Waals surface area contributed by atoms with Gasteiger partial charge in [0.1, 0.15) is 5.69 Å². The predicted molar refractivity (Wildman–Crippen MR) is 99.6 cm³/mol. The summed E-state index contributed by atoms with van der Waals surface area (Å²) >= 11 is 0. The number of nitrogens with one attached hydrogen (secondary N) is 1. The van der Waals surface area contributed by atoms with Gasteiger partial charge in [0.05, 0.1) is 5.69 Å². The zero-order valence-electron chi connectivity index (χ0n) is 14.9. The molecule has 0 fully saturated rings. The van der Waals surface area contributed by atoms with Gasteiger partial charge in [-0.25, -0.2) is 4.63 Å². The van der Waals surface area contributed by atoms with Crippen molar-refractivity contribution in [2.24, 2.45) is 5.18 Å². The van der Waals surface area contributed by atoms with Gasteiger partial charge < -0.3 is 10.4 Å². The number of rotatable bonds is 14. The molecule has 0 aliphatic carbocycles. The summed E-state index contributed by atoms with van der Waals surface area (Å²) in [4.78, 5) is 21.1. The summed E-state index contributed by atoms with van der Waals surface area (Å²) in [5.74, 6) is -0.699. The second kappa shape index (κ2) is 11.2.